The van der Waals surface area contributed by atoms with Gasteiger partial charge in [-0.15, -0.1) is 0 Å². The molecule has 0 amide bonds. The lowest BCUT2D eigenvalue weighted by atomic mass is 9.74. The van der Waals surface area contributed by atoms with E-state index < -0.39 is 0 Å². The van der Waals surface area contributed by atoms with Gasteiger partial charge in [0, 0.05) is 23.2 Å². The first kappa shape index (κ1) is 18.5. The van der Waals surface area contributed by atoms with Gasteiger partial charge in [-0.25, -0.2) is 0 Å². The molecular formula is C26H28N2. The summed E-state index contributed by atoms with van der Waals surface area (Å²) >= 11 is 0. The molecule has 2 heteroatoms. The number of aromatic nitrogens is 1. The zero-order valence-electron chi connectivity index (χ0n) is 17.7. The molecule has 0 unspecified atom stereocenters. The topological polar surface area (TPSA) is 17.3 Å². The van der Waals surface area contributed by atoms with Crippen LogP contribution in [0.15, 0.2) is 65.7 Å². The van der Waals surface area contributed by atoms with Crippen molar-refractivity contribution in [2.75, 3.05) is 7.05 Å². The maximum Gasteiger partial charge on any atom is 0.104 e. The molecule has 0 N–H and O–H groups in total. The van der Waals surface area contributed by atoms with Crippen LogP contribution in [0.1, 0.15) is 43.0 Å². The van der Waals surface area contributed by atoms with Crippen molar-refractivity contribution in [2.24, 2.45) is 4.99 Å². The second-order valence-electron chi connectivity index (χ2n) is 8.20. The summed E-state index contributed by atoms with van der Waals surface area (Å²) in [5, 5.41) is 2.57. The molecule has 2 nitrogen and oxygen atoms in total. The van der Waals surface area contributed by atoms with E-state index in [9.17, 15) is 0 Å². The lowest BCUT2D eigenvalue weighted by Gasteiger charge is -2.30. The zero-order chi connectivity index (χ0) is 20.1. The molecule has 0 spiro atoms. The van der Waals surface area contributed by atoms with Crippen molar-refractivity contribution in [3.63, 3.8) is 0 Å². The zero-order valence-corrected chi connectivity index (χ0v) is 17.7. The smallest absolute Gasteiger partial charge is 0.104 e. The molecule has 4 rings (SSSR count). The number of fused-ring (bicyclic) bond motifs is 3. The standard InChI is InChI=1S/C26H28N2/c1-17-11-7-9-13-22(17)26(4,5)23-16-15-21-20-12-8-10-14-24(20)28(19(3)27-6)25(21)18(23)2/h7-16H,1-6H3. The largest absolute Gasteiger partial charge is 0.298 e. The first-order valence-corrected chi connectivity index (χ1v) is 9.91. The van der Waals surface area contributed by atoms with Gasteiger partial charge in [-0.2, -0.15) is 0 Å². The van der Waals surface area contributed by atoms with Gasteiger partial charge < -0.3 is 0 Å². The molecule has 142 valence electrons. The molecule has 1 heterocycles. The Morgan fingerprint density at radius 2 is 1.50 bits per heavy atom. The number of rotatable bonds is 2. The Labute approximate surface area is 167 Å². The van der Waals surface area contributed by atoms with Crippen LogP contribution in [0.3, 0.4) is 0 Å². The van der Waals surface area contributed by atoms with Crippen LogP contribution in [0.4, 0.5) is 0 Å². The van der Waals surface area contributed by atoms with Gasteiger partial charge >= 0.3 is 0 Å². The van der Waals surface area contributed by atoms with E-state index in [2.05, 4.69) is 105 Å². The highest BCUT2D eigenvalue weighted by molar-refractivity contribution is 6.15. The van der Waals surface area contributed by atoms with Crippen LogP contribution in [-0.2, 0) is 5.41 Å². The van der Waals surface area contributed by atoms with Crippen molar-refractivity contribution in [3.05, 3.63) is 82.9 Å². The molecule has 28 heavy (non-hydrogen) atoms. The van der Waals surface area contributed by atoms with E-state index in [-0.39, 0.29) is 5.41 Å². The number of aliphatic imine (C=N–C) groups is 1. The molecule has 0 saturated carbocycles. The predicted molar refractivity (Wildman–Crippen MR) is 122 cm³/mol. The third kappa shape index (κ3) is 2.59. The van der Waals surface area contributed by atoms with Crippen LogP contribution in [0.25, 0.3) is 21.8 Å². The van der Waals surface area contributed by atoms with E-state index in [0.717, 1.165) is 5.84 Å². The second-order valence-corrected chi connectivity index (χ2v) is 8.20. The van der Waals surface area contributed by atoms with Crippen molar-refractivity contribution in [1.82, 2.24) is 4.57 Å². The summed E-state index contributed by atoms with van der Waals surface area (Å²) in [6.07, 6.45) is 0. The Morgan fingerprint density at radius 3 is 2.21 bits per heavy atom. The Bertz CT molecular complexity index is 1220. The third-order valence-corrected chi connectivity index (χ3v) is 6.23. The molecule has 0 radical (unpaired) electrons. The van der Waals surface area contributed by atoms with Crippen LogP contribution in [0.2, 0.25) is 0 Å². The molecule has 0 atom stereocenters. The minimum atomic E-state index is -0.0812. The average molecular weight is 369 g/mol. The van der Waals surface area contributed by atoms with Crippen LogP contribution in [-0.4, -0.2) is 17.5 Å². The van der Waals surface area contributed by atoms with Crippen LogP contribution in [0, 0.1) is 13.8 Å². The van der Waals surface area contributed by atoms with Gasteiger partial charge in [0.2, 0.25) is 0 Å². The summed E-state index contributed by atoms with van der Waals surface area (Å²) in [6, 6.07) is 22.0. The minimum absolute atomic E-state index is 0.0812. The minimum Gasteiger partial charge on any atom is -0.298 e. The molecular weight excluding hydrogens is 340 g/mol. The quantitative estimate of drug-likeness (QED) is 0.279. The summed E-state index contributed by atoms with van der Waals surface area (Å²) in [6.45, 7) is 11.2. The summed E-state index contributed by atoms with van der Waals surface area (Å²) in [4.78, 5) is 4.52. The van der Waals surface area contributed by atoms with Gasteiger partial charge in [-0.1, -0.05) is 68.4 Å². The van der Waals surface area contributed by atoms with Crippen molar-refractivity contribution >= 4 is 27.6 Å². The van der Waals surface area contributed by atoms with Crippen molar-refractivity contribution < 1.29 is 0 Å². The van der Waals surface area contributed by atoms with E-state index in [0.29, 0.717) is 0 Å². The summed E-state index contributed by atoms with van der Waals surface area (Å²) < 4.78 is 2.32. The van der Waals surface area contributed by atoms with Gasteiger partial charge in [0.1, 0.15) is 5.84 Å². The molecule has 3 aromatic carbocycles. The Morgan fingerprint density at radius 1 is 0.821 bits per heavy atom. The molecule has 0 aliphatic heterocycles. The van der Waals surface area contributed by atoms with E-state index in [1.165, 1.54) is 44.1 Å². The Hall–Kier alpha value is -2.87. The fourth-order valence-electron chi connectivity index (χ4n) is 4.75. The molecule has 0 saturated heterocycles. The van der Waals surface area contributed by atoms with Crippen LogP contribution >= 0.6 is 0 Å². The maximum atomic E-state index is 4.52. The highest BCUT2D eigenvalue weighted by Gasteiger charge is 2.28. The average Bonchev–Trinajstić information content (AvgIpc) is 3.03. The lowest BCUT2D eigenvalue weighted by molar-refractivity contribution is 0.632. The van der Waals surface area contributed by atoms with E-state index >= 15 is 0 Å². The molecule has 0 aliphatic rings. The second kappa shape index (κ2) is 6.63. The molecule has 0 fully saturated rings. The number of para-hydroxylation sites is 1. The normalized spacial score (nSPS) is 12.9. The lowest BCUT2D eigenvalue weighted by Crippen LogP contribution is -2.22. The van der Waals surface area contributed by atoms with Crippen molar-refractivity contribution in [1.29, 1.82) is 0 Å². The predicted octanol–water partition coefficient (Wildman–Crippen LogP) is 6.63. The SMILES string of the molecule is CN=C(C)n1c2ccccc2c2ccc(C(C)(C)c3ccccc3C)c(C)c21. The first-order valence-electron chi connectivity index (χ1n) is 9.91. The van der Waals surface area contributed by atoms with E-state index in [1.54, 1.807) is 0 Å². The van der Waals surface area contributed by atoms with Gasteiger partial charge in [0.05, 0.1) is 11.0 Å². The number of nitrogens with zero attached hydrogens (tertiary/aromatic N) is 2. The van der Waals surface area contributed by atoms with E-state index in [1.807, 2.05) is 7.05 Å². The number of benzene rings is 3. The number of aryl methyl sites for hydroxylation is 2. The molecule has 0 aliphatic carbocycles. The fraction of sp³-hybridized carbons (Fsp3) is 0.269. The van der Waals surface area contributed by atoms with Crippen LogP contribution < -0.4 is 0 Å². The summed E-state index contributed by atoms with van der Waals surface area (Å²) in [5.41, 5.74) is 7.80. The first-order chi connectivity index (χ1) is 13.4. The maximum absolute atomic E-state index is 4.52. The van der Waals surface area contributed by atoms with Crippen molar-refractivity contribution in [3.8, 4) is 0 Å². The highest BCUT2D eigenvalue weighted by Crippen LogP contribution is 2.40. The Kier molecular flexibility index (Phi) is 4.38. The van der Waals surface area contributed by atoms with Gasteiger partial charge in [-0.3, -0.25) is 9.56 Å². The van der Waals surface area contributed by atoms with Gasteiger partial charge in [-0.05, 0) is 49.1 Å². The van der Waals surface area contributed by atoms with E-state index in [4.69, 9.17) is 0 Å². The van der Waals surface area contributed by atoms with Gasteiger partial charge in [0.25, 0.3) is 0 Å². The Balaban J connectivity index is 2.10. The van der Waals surface area contributed by atoms with Crippen molar-refractivity contribution in [2.45, 2.75) is 40.0 Å². The number of hydrogen-bond acceptors (Lipinski definition) is 1. The monoisotopic (exact) mass is 368 g/mol. The third-order valence-electron chi connectivity index (χ3n) is 6.23. The van der Waals surface area contributed by atoms with Gasteiger partial charge in [0.15, 0.2) is 0 Å². The highest BCUT2D eigenvalue weighted by atomic mass is 15.1. The summed E-state index contributed by atoms with van der Waals surface area (Å²) in [5.74, 6) is 1.01. The molecule has 4 aromatic rings. The van der Waals surface area contributed by atoms with Crippen LogP contribution in [0.5, 0.6) is 0 Å². The fourth-order valence-corrected chi connectivity index (χ4v) is 4.75. The molecule has 0 bridgehead atoms. The molecule has 1 aromatic heterocycles. The number of hydrogen-bond donors (Lipinski definition) is 0. The summed E-state index contributed by atoms with van der Waals surface area (Å²) in [7, 11) is 1.87.